The summed E-state index contributed by atoms with van der Waals surface area (Å²) in [6.07, 6.45) is 4.46. The van der Waals surface area contributed by atoms with Crippen LogP contribution in [0.25, 0.3) is 0 Å². The lowest BCUT2D eigenvalue weighted by molar-refractivity contribution is 0.249. The maximum atomic E-state index is 13.0. The topological polar surface area (TPSA) is 71.5 Å². The summed E-state index contributed by atoms with van der Waals surface area (Å²) in [7, 11) is -6.67. The Morgan fingerprint density at radius 2 is 1.52 bits per heavy atom. The van der Waals surface area contributed by atoms with E-state index in [1.807, 2.05) is 19.1 Å². The van der Waals surface area contributed by atoms with Crippen molar-refractivity contribution in [1.82, 2.24) is 4.31 Å². The molecule has 2 atom stereocenters. The second kappa shape index (κ2) is 5.86. The van der Waals surface area contributed by atoms with Crippen molar-refractivity contribution in [2.45, 2.75) is 61.3 Å². The Hall–Kier alpha value is -0.920. The second-order valence-corrected chi connectivity index (χ2v) is 10.8. The van der Waals surface area contributed by atoms with Gasteiger partial charge in [-0.1, -0.05) is 19.1 Å². The third-order valence-corrected chi connectivity index (χ3v) is 8.75. The van der Waals surface area contributed by atoms with Crippen molar-refractivity contribution in [2.24, 2.45) is 0 Å². The molecule has 1 aromatic rings. The number of nitrogens with zero attached hydrogens (tertiary/aromatic N) is 1. The number of piperidine rings is 1. The van der Waals surface area contributed by atoms with E-state index >= 15 is 0 Å². The van der Waals surface area contributed by atoms with Crippen LogP contribution in [0, 0.1) is 0 Å². The predicted molar refractivity (Wildman–Crippen MR) is 89.5 cm³/mol. The van der Waals surface area contributed by atoms with Crippen molar-refractivity contribution >= 4 is 19.9 Å². The van der Waals surface area contributed by atoms with Gasteiger partial charge in [-0.05, 0) is 49.8 Å². The van der Waals surface area contributed by atoms with Gasteiger partial charge in [0.15, 0.2) is 0 Å². The van der Waals surface area contributed by atoms with Gasteiger partial charge in [0, 0.05) is 18.3 Å². The predicted octanol–water partition coefficient (Wildman–Crippen LogP) is 1.98. The zero-order valence-corrected chi connectivity index (χ0v) is 15.1. The summed E-state index contributed by atoms with van der Waals surface area (Å²) in [6.45, 7) is 2.03. The van der Waals surface area contributed by atoms with E-state index < -0.39 is 25.1 Å². The number of hydrogen-bond acceptors (Lipinski definition) is 4. The molecule has 2 unspecified atom stereocenters. The number of aryl methyl sites for hydroxylation is 1. The Balaban J connectivity index is 1.90. The number of hydrogen-bond donors (Lipinski definition) is 0. The summed E-state index contributed by atoms with van der Waals surface area (Å²) in [5.74, 6) is 0. The summed E-state index contributed by atoms with van der Waals surface area (Å²) in [5.41, 5.74) is 1.10. The van der Waals surface area contributed by atoms with Crippen molar-refractivity contribution in [1.29, 1.82) is 0 Å². The van der Waals surface area contributed by atoms with Crippen molar-refractivity contribution < 1.29 is 16.8 Å². The number of sulfone groups is 1. The van der Waals surface area contributed by atoms with Gasteiger partial charge >= 0.3 is 0 Å². The molecule has 5 nitrogen and oxygen atoms in total. The van der Waals surface area contributed by atoms with Crippen molar-refractivity contribution in [3.8, 4) is 0 Å². The zero-order valence-electron chi connectivity index (χ0n) is 13.5. The average Bonchev–Trinajstić information content (AvgIpc) is 2.78. The molecular formula is C16H23NO4S2. The fourth-order valence-corrected chi connectivity index (χ4v) is 6.88. The molecule has 0 aromatic heterocycles. The SMILES string of the molecule is CCc1ccc(S(=O)(=O)N2C3CCC2CC(S(C)(=O)=O)C3)cc1. The third kappa shape index (κ3) is 3.06. The molecule has 2 aliphatic rings. The Morgan fingerprint density at radius 1 is 1.00 bits per heavy atom. The van der Waals surface area contributed by atoms with Gasteiger partial charge in [-0.2, -0.15) is 4.31 Å². The van der Waals surface area contributed by atoms with E-state index in [1.54, 1.807) is 16.4 Å². The molecular weight excluding hydrogens is 334 g/mol. The fourth-order valence-electron chi connectivity index (χ4n) is 3.84. The van der Waals surface area contributed by atoms with Gasteiger partial charge in [0.1, 0.15) is 9.84 Å². The maximum absolute atomic E-state index is 13.0. The molecule has 128 valence electrons. The number of rotatable bonds is 4. The third-order valence-electron chi connectivity index (χ3n) is 5.14. The molecule has 2 bridgehead atoms. The second-order valence-electron chi connectivity index (χ2n) is 6.64. The minimum atomic E-state index is -3.55. The van der Waals surface area contributed by atoms with E-state index in [-0.39, 0.29) is 12.1 Å². The highest BCUT2D eigenvalue weighted by molar-refractivity contribution is 7.91. The molecule has 0 saturated carbocycles. The van der Waals surface area contributed by atoms with Gasteiger partial charge in [0.2, 0.25) is 10.0 Å². The fraction of sp³-hybridized carbons (Fsp3) is 0.625. The number of sulfonamides is 1. The summed E-state index contributed by atoms with van der Waals surface area (Å²) < 4.78 is 51.2. The molecule has 2 fully saturated rings. The molecule has 0 spiro atoms. The number of fused-ring (bicyclic) bond motifs is 2. The van der Waals surface area contributed by atoms with Crippen LogP contribution in [0.3, 0.4) is 0 Å². The van der Waals surface area contributed by atoms with E-state index in [1.165, 1.54) is 6.26 Å². The molecule has 0 N–H and O–H groups in total. The lowest BCUT2D eigenvalue weighted by Gasteiger charge is -2.37. The van der Waals surface area contributed by atoms with Crippen LogP contribution in [0.4, 0.5) is 0 Å². The van der Waals surface area contributed by atoms with Gasteiger partial charge in [0.25, 0.3) is 0 Å². The van der Waals surface area contributed by atoms with E-state index in [2.05, 4.69) is 0 Å². The van der Waals surface area contributed by atoms with Crippen LogP contribution in [0.2, 0.25) is 0 Å². The van der Waals surface area contributed by atoms with Crippen LogP contribution in [0.1, 0.15) is 38.2 Å². The highest BCUT2D eigenvalue weighted by Crippen LogP contribution is 2.41. The van der Waals surface area contributed by atoms with Gasteiger partial charge < -0.3 is 0 Å². The van der Waals surface area contributed by atoms with Crippen LogP contribution < -0.4 is 0 Å². The van der Waals surface area contributed by atoms with Crippen LogP contribution in [0.15, 0.2) is 29.2 Å². The summed E-state index contributed by atoms with van der Waals surface area (Å²) in [5, 5.41) is -0.408. The monoisotopic (exact) mass is 357 g/mol. The molecule has 2 heterocycles. The number of benzene rings is 1. The lowest BCUT2D eigenvalue weighted by atomic mass is 10.1. The molecule has 0 amide bonds. The molecule has 2 saturated heterocycles. The Labute approximate surface area is 138 Å². The highest BCUT2D eigenvalue weighted by atomic mass is 32.2. The van der Waals surface area contributed by atoms with Crippen LogP contribution >= 0.6 is 0 Å². The lowest BCUT2D eigenvalue weighted by Crippen LogP contribution is -2.49. The Morgan fingerprint density at radius 3 is 1.96 bits per heavy atom. The normalized spacial score (nSPS) is 28.9. The van der Waals surface area contributed by atoms with Gasteiger partial charge in [-0.15, -0.1) is 0 Å². The van der Waals surface area contributed by atoms with Gasteiger partial charge in [0.05, 0.1) is 10.1 Å². The summed E-state index contributed by atoms with van der Waals surface area (Å²) >= 11 is 0. The standard InChI is InChI=1S/C16H23NO4S2/c1-3-12-4-8-15(9-5-12)23(20,21)17-13-6-7-14(17)11-16(10-13)22(2,18)19/h4-5,8-9,13-14,16H,3,6-7,10-11H2,1-2H3. The molecule has 2 aliphatic heterocycles. The van der Waals surface area contributed by atoms with E-state index in [9.17, 15) is 16.8 Å². The van der Waals surface area contributed by atoms with Crippen molar-refractivity contribution in [3.63, 3.8) is 0 Å². The van der Waals surface area contributed by atoms with Crippen LogP contribution in [-0.4, -0.2) is 44.7 Å². The zero-order chi connectivity index (χ0) is 16.8. The molecule has 3 rings (SSSR count). The van der Waals surface area contributed by atoms with E-state index in [0.29, 0.717) is 17.7 Å². The minimum absolute atomic E-state index is 0.190. The van der Waals surface area contributed by atoms with Crippen LogP contribution in [-0.2, 0) is 26.3 Å². The van der Waals surface area contributed by atoms with Crippen molar-refractivity contribution in [3.05, 3.63) is 29.8 Å². The largest absolute Gasteiger partial charge is 0.243 e. The van der Waals surface area contributed by atoms with Gasteiger partial charge in [-0.25, -0.2) is 16.8 Å². The summed E-state index contributed by atoms with van der Waals surface area (Å²) in [6, 6.07) is 6.64. The minimum Gasteiger partial charge on any atom is -0.229 e. The highest BCUT2D eigenvalue weighted by Gasteiger charge is 2.49. The smallest absolute Gasteiger partial charge is 0.229 e. The van der Waals surface area contributed by atoms with E-state index in [4.69, 9.17) is 0 Å². The maximum Gasteiger partial charge on any atom is 0.243 e. The Bertz CT molecular complexity index is 770. The first-order chi connectivity index (χ1) is 10.7. The van der Waals surface area contributed by atoms with Crippen molar-refractivity contribution in [2.75, 3.05) is 6.26 Å². The molecule has 23 heavy (non-hydrogen) atoms. The molecule has 0 radical (unpaired) electrons. The first kappa shape index (κ1) is 16.9. The molecule has 0 aliphatic carbocycles. The van der Waals surface area contributed by atoms with Gasteiger partial charge in [-0.3, -0.25) is 0 Å². The first-order valence-electron chi connectivity index (χ1n) is 8.05. The average molecular weight is 357 g/mol. The first-order valence-corrected chi connectivity index (χ1v) is 11.4. The van der Waals surface area contributed by atoms with E-state index in [0.717, 1.165) is 24.8 Å². The molecule has 7 heteroatoms. The Kier molecular flexibility index (Phi) is 4.31. The van der Waals surface area contributed by atoms with Crippen LogP contribution in [0.5, 0.6) is 0 Å². The quantitative estimate of drug-likeness (QED) is 0.826. The summed E-state index contributed by atoms with van der Waals surface area (Å²) in [4.78, 5) is 0.310. The molecule has 1 aromatic carbocycles.